The van der Waals surface area contributed by atoms with Crippen LogP contribution >= 0.6 is 0 Å². The summed E-state index contributed by atoms with van der Waals surface area (Å²) in [5.74, 6) is -0.959. The van der Waals surface area contributed by atoms with Gasteiger partial charge in [0.1, 0.15) is 18.8 Å². The van der Waals surface area contributed by atoms with Crippen LogP contribution in [0.1, 0.15) is 27.6 Å². The van der Waals surface area contributed by atoms with Crippen LogP contribution in [0.15, 0.2) is 73.0 Å². The van der Waals surface area contributed by atoms with Crippen molar-refractivity contribution in [1.82, 2.24) is 0 Å². The number of ether oxygens (including phenoxy) is 3. The van der Waals surface area contributed by atoms with Crippen molar-refractivity contribution >= 4 is 11.9 Å². The summed E-state index contributed by atoms with van der Waals surface area (Å²) >= 11 is 0. The molecule has 0 fully saturated rings. The standard InChI is InChI=1S/C21H20O5/c1-15-18(26-21(23)17-10-6-3-7-11-17)12-13-24-19(15)14-25-20(22)16-8-4-2-5-9-16/h2-13,15,18-19H,14H2,1H3/t15-,18-,19?/m1/s1. The number of hydrogen-bond donors (Lipinski definition) is 0. The first-order valence-electron chi connectivity index (χ1n) is 8.45. The van der Waals surface area contributed by atoms with Crippen LogP contribution in [0.25, 0.3) is 0 Å². The zero-order chi connectivity index (χ0) is 18.4. The Kier molecular flexibility index (Phi) is 5.69. The SMILES string of the molecule is C[C@H]1C(COC(=O)c2ccccc2)OC=C[C@H]1OC(=O)c1ccccc1. The Hall–Kier alpha value is -3.08. The molecule has 1 aliphatic rings. The molecular weight excluding hydrogens is 332 g/mol. The van der Waals surface area contributed by atoms with Gasteiger partial charge in [-0.3, -0.25) is 0 Å². The van der Waals surface area contributed by atoms with Crippen molar-refractivity contribution in [3.05, 3.63) is 84.1 Å². The molecule has 3 atom stereocenters. The maximum absolute atomic E-state index is 12.2. The second kappa shape index (κ2) is 8.34. The van der Waals surface area contributed by atoms with Crippen LogP contribution in [-0.2, 0) is 14.2 Å². The Bertz CT molecular complexity index is 770. The lowest BCUT2D eigenvalue weighted by Crippen LogP contribution is -2.39. The molecule has 5 heteroatoms. The second-order valence-electron chi connectivity index (χ2n) is 6.06. The summed E-state index contributed by atoms with van der Waals surface area (Å²) in [6.45, 7) is 1.98. The van der Waals surface area contributed by atoms with E-state index in [0.717, 1.165) is 0 Å². The van der Waals surface area contributed by atoms with Gasteiger partial charge in [0, 0.05) is 5.92 Å². The summed E-state index contributed by atoms with van der Waals surface area (Å²) in [4.78, 5) is 24.3. The van der Waals surface area contributed by atoms with Crippen molar-refractivity contribution in [3.63, 3.8) is 0 Å². The summed E-state index contributed by atoms with van der Waals surface area (Å²) in [6, 6.07) is 17.6. The Morgan fingerprint density at radius 1 is 0.923 bits per heavy atom. The third kappa shape index (κ3) is 4.30. The fourth-order valence-corrected chi connectivity index (χ4v) is 2.65. The van der Waals surface area contributed by atoms with Gasteiger partial charge in [-0.15, -0.1) is 0 Å². The topological polar surface area (TPSA) is 61.8 Å². The highest BCUT2D eigenvalue weighted by Crippen LogP contribution is 2.23. The molecule has 0 aromatic heterocycles. The van der Waals surface area contributed by atoms with E-state index < -0.39 is 18.0 Å². The minimum Gasteiger partial charge on any atom is -0.494 e. The molecule has 0 saturated carbocycles. The monoisotopic (exact) mass is 352 g/mol. The molecule has 0 spiro atoms. The summed E-state index contributed by atoms with van der Waals surface area (Å²) in [7, 11) is 0. The van der Waals surface area contributed by atoms with Crippen LogP contribution in [-0.4, -0.2) is 30.8 Å². The minimum atomic E-state index is -0.447. The third-order valence-electron chi connectivity index (χ3n) is 4.27. The van der Waals surface area contributed by atoms with Crippen LogP contribution < -0.4 is 0 Å². The number of esters is 2. The highest BCUT2D eigenvalue weighted by molar-refractivity contribution is 5.89. The fourth-order valence-electron chi connectivity index (χ4n) is 2.65. The molecule has 0 amide bonds. The number of hydrogen-bond acceptors (Lipinski definition) is 5. The zero-order valence-corrected chi connectivity index (χ0v) is 14.4. The minimum absolute atomic E-state index is 0.0820. The normalized spacial score (nSPS) is 21.5. The molecule has 1 heterocycles. The van der Waals surface area contributed by atoms with E-state index >= 15 is 0 Å². The predicted molar refractivity (Wildman–Crippen MR) is 95.5 cm³/mol. The molecule has 0 N–H and O–H groups in total. The zero-order valence-electron chi connectivity index (χ0n) is 14.4. The fraction of sp³-hybridized carbons (Fsp3) is 0.238. The maximum Gasteiger partial charge on any atom is 0.338 e. The highest BCUT2D eigenvalue weighted by Gasteiger charge is 2.32. The van der Waals surface area contributed by atoms with E-state index in [1.807, 2.05) is 19.1 Å². The predicted octanol–water partition coefficient (Wildman–Crippen LogP) is 3.62. The molecule has 1 unspecified atom stereocenters. The van der Waals surface area contributed by atoms with Gasteiger partial charge in [-0.05, 0) is 30.3 Å². The lowest BCUT2D eigenvalue weighted by molar-refractivity contribution is -0.0414. The Balaban J connectivity index is 1.56. The van der Waals surface area contributed by atoms with E-state index in [2.05, 4.69) is 0 Å². The lowest BCUT2D eigenvalue weighted by atomic mass is 9.96. The lowest BCUT2D eigenvalue weighted by Gasteiger charge is -2.31. The van der Waals surface area contributed by atoms with Crippen LogP contribution in [0, 0.1) is 5.92 Å². The van der Waals surface area contributed by atoms with Gasteiger partial charge in [-0.1, -0.05) is 43.3 Å². The van der Waals surface area contributed by atoms with Crippen LogP contribution in [0.2, 0.25) is 0 Å². The number of carbonyl (C=O) groups is 2. The van der Waals surface area contributed by atoms with E-state index in [-0.39, 0.29) is 18.6 Å². The van der Waals surface area contributed by atoms with Crippen molar-refractivity contribution < 1.29 is 23.8 Å². The van der Waals surface area contributed by atoms with Gasteiger partial charge >= 0.3 is 11.9 Å². The van der Waals surface area contributed by atoms with Crippen molar-refractivity contribution in [3.8, 4) is 0 Å². The smallest absolute Gasteiger partial charge is 0.338 e. The number of carbonyl (C=O) groups excluding carboxylic acids is 2. The number of rotatable bonds is 5. The van der Waals surface area contributed by atoms with E-state index in [9.17, 15) is 9.59 Å². The van der Waals surface area contributed by atoms with Crippen LogP contribution in [0.5, 0.6) is 0 Å². The highest BCUT2D eigenvalue weighted by atomic mass is 16.6. The molecule has 1 aliphatic heterocycles. The van der Waals surface area contributed by atoms with Crippen molar-refractivity contribution in [2.24, 2.45) is 5.92 Å². The summed E-state index contributed by atoms with van der Waals surface area (Å²) in [5.41, 5.74) is 0.977. The third-order valence-corrected chi connectivity index (χ3v) is 4.27. The summed E-state index contributed by atoms with van der Waals surface area (Å²) in [5, 5.41) is 0. The van der Waals surface area contributed by atoms with E-state index in [0.29, 0.717) is 11.1 Å². The van der Waals surface area contributed by atoms with E-state index in [4.69, 9.17) is 14.2 Å². The van der Waals surface area contributed by atoms with Gasteiger partial charge in [0.15, 0.2) is 0 Å². The van der Waals surface area contributed by atoms with E-state index in [1.54, 1.807) is 54.6 Å². The van der Waals surface area contributed by atoms with Crippen LogP contribution in [0.3, 0.4) is 0 Å². The molecule has 3 rings (SSSR count). The van der Waals surface area contributed by atoms with Gasteiger partial charge in [0.25, 0.3) is 0 Å². The van der Waals surface area contributed by atoms with Crippen molar-refractivity contribution in [2.45, 2.75) is 19.1 Å². The first kappa shape index (κ1) is 17.7. The van der Waals surface area contributed by atoms with Gasteiger partial charge in [-0.2, -0.15) is 0 Å². The molecule has 0 radical (unpaired) electrons. The first-order chi connectivity index (χ1) is 12.6. The Labute approximate surface area is 152 Å². The van der Waals surface area contributed by atoms with Crippen LogP contribution in [0.4, 0.5) is 0 Å². The Morgan fingerprint density at radius 3 is 2.12 bits per heavy atom. The largest absolute Gasteiger partial charge is 0.494 e. The van der Waals surface area contributed by atoms with Gasteiger partial charge < -0.3 is 14.2 Å². The molecule has 0 saturated heterocycles. The summed E-state index contributed by atoms with van der Waals surface area (Å²) < 4.78 is 16.4. The van der Waals surface area contributed by atoms with Crippen molar-refractivity contribution in [2.75, 3.05) is 6.61 Å². The first-order valence-corrected chi connectivity index (χ1v) is 8.45. The molecular formula is C21H20O5. The quantitative estimate of drug-likeness (QED) is 0.769. The molecule has 26 heavy (non-hydrogen) atoms. The van der Waals surface area contributed by atoms with Gasteiger partial charge in [0.05, 0.1) is 17.4 Å². The van der Waals surface area contributed by atoms with E-state index in [1.165, 1.54) is 6.26 Å². The molecule has 2 aromatic rings. The molecule has 5 nitrogen and oxygen atoms in total. The van der Waals surface area contributed by atoms with Crippen molar-refractivity contribution in [1.29, 1.82) is 0 Å². The average Bonchev–Trinajstić information content (AvgIpc) is 2.69. The second-order valence-corrected chi connectivity index (χ2v) is 6.06. The van der Waals surface area contributed by atoms with Gasteiger partial charge in [0.2, 0.25) is 0 Å². The molecule has 0 bridgehead atoms. The summed E-state index contributed by atoms with van der Waals surface area (Å²) in [6.07, 6.45) is 2.35. The Morgan fingerprint density at radius 2 is 1.50 bits per heavy atom. The van der Waals surface area contributed by atoms with Gasteiger partial charge in [-0.25, -0.2) is 9.59 Å². The average molecular weight is 352 g/mol. The molecule has 0 aliphatic carbocycles. The maximum atomic E-state index is 12.2. The molecule has 134 valence electrons. The molecule has 2 aromatic carbocycles. The number of benzene rings is 2.